The maximum Gasteiger partial charge on any atom is 0.392 e. The van der Waals surface area contributed by atoms with E-state index in [1.165, 1.54) is 0 Å². The number of aryl methyl sites for hydroxylation is 1. The first-order chi connectivity index (χ1) is 9.79. The van der Waals surface area contributed by atoms with E-state index in [-0.39, 0.29) is 6.42 Å². The molecular weight excluding hydrogens is 347 g/mol. The van der Waals surface area contributed by atoms with E-state index in [0.29, 0.717) is 24.9 Å². The molecule has 116 valence electrons. The van der Waals surface area contributed by atoms with Gasteiger partial charge in [-0.05, 0) is 37.5 Å². The van der Waals surface area contributed by atoms with Gasteiger partial charge in [0.15, 0.2) is 0 Å². The van der Waals surface area contributed by atoms with Gasteiger partial charge in [0.1, 0.15) is 0 Å². The van der Waals surface area contributed by atoms with Gasteiger partial charge in [-0.25, -0.2) is 0 Å². The third-order valence-corrected chi connectivity index (χ3v) is 4.82. The Balaban J connectivity index is 2.12. The van der Waals surface area contributed by atoms with Crippen LogP contribution in [-0.4, -0.2) is 12.1 Å². The van der Waals surface area contributed by atoms with Crippen molar-refractivity contribution in [3.05, 3.63) is 28.2 Å². The van der Waals surface area contributed by atoms with E-state index in [1.54, 1.807) is 12.1 Å². The second-order valence-corrected chi connectivity index (χ2v) is 6.35. The highest BCUT2D eigenvalue weighted by molar-refractivity contribution is 9.10. The van der Waals surface area contributed by atoms with Gasteiger partial charge in [-0.2, -0.15) is 13.2 Å². The van der Waals surface area contributed by atoms with Crippen LogP contribution in [0.2, 0.25) is 0 Å². The van der Waals surface area contributed by atoms with Gasteiger partial charge in [-0.1, -0.05) is 34.8 Å². The van der Waals surface area contributed by atoms with E-state index >= 15 is 0 Å². The lowest BCUT2D eigenvalue weighted by atomic mass is 9.78. The third kappa shape index (κ3) is 3.99. The Labute approximate surface area is 130 Å². The van der Waals surface area contributed by atoms with Crippen molar-refractivity contribution in [2.24, 2.45) is 11.8 Å². The number of hydrogen-bond donors (Lipinski definition) is 1. The molecule has 0 heterocycles. The maximum atomic E-state index is 13.0. The summed E-state index contributed by atoms with van der Waals surface area (Å²) in [7, 11) is 0. The van der Waals surface area contributed by atoms with Gasteiger partial charge < -0.3 is 5.32 Å². The van der Waals surface area contributed by atoms with Crippen LogP contribution in [0.3, 0.4) is 0 Å². The Kier molecular flexibility index (Phi) is 4.96. The first-order valence-electron chi connectivity index (χ1n) is 6.93. The molecular formula is C15H17BrF3NO. The molecule has 2 unspecified atom stereocenters. The average molecular weight is 364 g/mol. The number of carbonyl (C=O) groups is 1. The van der Waals surface area contributed by atoms with Crippen LogP contribution in [0.15, 0.2) is 22.7 Å². The molecule has 0 aliphatic heterocycles. The van der Waals surface area contributed by atoms with E-state index in [1.807, 2.05) is 13.0 Å². The highest BCUT2D eigenvalue weighted by Crippen LogP contribution is 2.41. The lowest BCUT2D eigenvalue weighted by molar-refractivity contribution is -0.197. The summed E-state index contributed by atoms with van der Waals surface area (Å²) in [5.74, 6) is -3.05. The van der Waals surface area contributed by atoms with E-state index in [2.05, 4.69) is 21.2 Å². The number of halogens is 4. The van der Waals surface area contributed by atoms with Crippen LogP contribution < -0.4 is 5.32 Å². The highest BCUT2D eigenvalue weighted by atomic mass is 79.9. The van der Waals surface area contributed by atoms with E-state index < -0.39 is 23.9 Å². The molecule has 1 saturated carbocycles. The molecule has 1 aromatic carbocycles. The molecule has 2 atom stereocenters. The average Bonchev–Trinajstić information content (AvgIpc) is 2.42. The fraction of sp³-hybridized carbons (Fsp3) is 0.533. The van der Waals surface area contributed by atoms with E-state index in [4.69, 9.17) is 0 Å². The van der Waals surface area contributed by atoms with Crippen molar-refractivity contribution in [1.82, 2.24) is 0 Å². The summed E-state index contributed by atoms with van der Waals surface area (Å²) in [4.78, 5) is 12.2. The summed E-state index contributed by atoms with van der Waals surface area (Å²) in [5.41, 5.74) is 1.52. The van der Waals surface area contributed by atoms with Crippen molar-refractivity contribution in [1.29, 1.82) is 0 Å². The van der Waals surface area contributed by atoms with Gasteiger partial charge in [0.05, 0.1) is 5.92 Å². The number of hydrogen-bond acceptors (Lipinski definition) is 1. The molecule has 2 rings (SSSR count). The first kappa shape index (κ1) is 16.3. The molecule has 2 nitrogen and oxygen atoms in total. The minimum atomic E-state index is -4.31. The molecule has 1 N–H and O–H groups in total. The predicted molar refractivity (Wildman–Crippen MR) is 79.0 cm³/mol. The number of alkyl halides is 3. The molecule has 0 saturated heterocycles. The Morgan fingerprint density at radius 3 is 2.57 bits per heavy atom. The second-order valence-electron chi connectivity index (χ2n) is 5.49. The maximum absolute atomic E-state index is 13.0. The van der Waals surface area contributed by atoms with Gasteiger partial charge in [0.2, 0.25) is 5.91 Å². The lowest BCUT2D eigenvalue weighted by Gasteiger charge is -2.32. The van der Waals surface area contributed by atoms with E-state index in [9.17, 15) is 18.0 Å². The zero-order valence-corrected chi connectivity index (χ0v) is 13.2. The molecule has 21 heavy (non-hydrogen) atoms. The minimum absolute atomic E-state index is 0.0409. The van der Waals surface area contributed by atoms with Crippen LogP contribution in [0.5, 0.6) is 0 Å². The molecule has 1 fully saturated rings. The number of benzene rings is 1. The van der Waals surface area contributed by atoms with Crippen molar-refractivity contribution in [3.63, 3.8) is 0 Å². The van der Waals surface area contributed by atoms with Gasteiger partial charge in [-0.3, -0.25) is 4.79 Å². The highest BCUT2D eigenvalue weighted by Gasteiger charge is 2.48. The Morgan fingerprint density at radius 2 is 1.95 bits per heavy atom. The van der Waals surface area contributed by atoms with Crippen molar-refractivity contribution >= 4 is 27.5 Å². The van der Waals surface area contributed by atoms with Gasteiger partial charge in [0, 0.05) is 16.1 Å². The molecule has 1 aliphatic rings. The zero-order valence-electron chi connectivity index (χ0n) is 11.6. The van der Waals surface area contributed by atoms with Crippen LogP contribution in [-0.2, 0) is 4.79 Å². The number of amides is 1. The van der Waals surface area contributed by atoms with Crippen molar-refractivity contribution in [3.8, 4) is 0 Å². The number of carbonyl (C=O) groups excluding carboxylic acids is 1. The zero-order chi connectivity index (χ0) is 15.6. The molecule has 0 bridgehead atoms. The summed E-state index contributed by atoms with van der Waals surface area (Å²) < 4.78 is 39.9. The molecule has 1 aliphatic carbocycles. The van der Waals surface area contributed by atoms with Gasteiger partial charge >= 0.3 is 6.18 Å². The monoisotopic (exact) mass is 363 g/mol. The fourth-order valence-corrected chi connectivity index (χ4v) is 3.12. The second kappa shape index (κ2) is 6.38. The van der Waals surface area contributed by atoms with Crippen LogP contribution in [0.4, 0.5) is 18.9 Å². The van der Waals surface area contributed by atoms with Crippen molar-refractivity contribution in [2.75, 3.05) is 5.32 Å². The van der Waals surface area contributed by atoms with Crippen LogP contribution in [0.25, 0.3) is 0 Å². The Bertz CT molecular complexity index is 530. The third-order valence-electron chi connectivity index (χ3n) is 3.96. The van der Waals surface area contributed by atoms with Crippen LogP contribution >= 0.6 is 15.9 Å². The summed E-state index contributed by atoms with van der Waals surface area (Å²) in [5, 5.41) is 2.61. The smallest absolute Gasteiger partial charge is 0.326 e. The van der Waals surface area contributed by atoms with Crippen molar-refractivity contribution < 1.29 is 18.0 Å². The normalized spacial score (nSPS) is 22.9. The topological polar surface area (TPSA) is 29.1 Å². The van der Waals surface area contributed by atoms with Gasteiger partial charge in [-0.15, -0.1) is 0 Å². The quantitative estimate of drug-likeness (QED) is 0.781. The fourth-order valence-electron chi connectivity index (χ4n) is 2.74. The first-order valence-corrected chi connectivity index (χ1v) is 7.72. The number of rotatable bonds is 2. The SMILES string of the molecule is Cc1ccc(NC(=O)C2CCCCC2C(F)(F)F)cc1Br. The molecule has 0 radical (unpaired) electrons. The summed E-state index contributed by atoms with van der Waals surface area (Å²) in [6.07, 6.45) is -2.77. The van der Waals surface area contributed by atoms with Crippen molar-refractivity contribution in [2.45, 2.75) is 38.8 Å². The number of anilines is 1. The Hall–Kier alpha value is -1.04. The lowest BCUT2D eigenvalue weighted by Crippen LogP contribution is -2.39. The van der Waals surface area contributed by atoms with Gasteiger partial charge in [0.25, 0.3) is 0 Å². The summed E-state index contributed by atoms with van der Waals surface area (Å²) >= 11 is 3.34. The molecule has 1 aromatic rings. The predicted octanol–water partition coefficient (Wildman–Crippen LogP) is 5.06. The van der Waals surface area contributed by atoms with E-state index in [0.717, 1.165) is 10.0 Å². The summed E-state index contributed by atoms with van der Waals surface area (Å²) in [6, 6.07) is 5.21. The van der Waals surface area contributed by atoms with Crippen LogP contribution in [0.1, 0.15) is 31.2 Å². The summed E-state index contributed by atoms with van der Waals surface area (Å²) in [6.45, 7) is 1.90. The largest absolute Gasteiger partial charge is 0.392 e. The number of nitrogens with one attached hydrogen (secondary N) is 1. The van der Waals surface area contributed by atoms with Crippen LogP contribution in [0, 0.1) is 18.8 Å². The Morgan fingerprint density at radius 1 is 1.29 bits per heavy atom. The molecule has 6 heteroatoms. The standard InChI is InChI=1S/C15H17BrF3NO/c1-9-6-7-10(8-13(9)16)20-14(21)11-4-2-3-5-12(11)15(17,18)19/h6-8,11-12H,2-5H2,1H3,(H,20,21). The molecule has 0 spiro atoms. The molecule has 0 aromatic heterocycles. The molecule has 1 amide bonds. The minimum Gasteiger partial charge on any atom is -0.326 e.